The van der Waals surface area contributed by atoms with E-state index in [2.05, 4.69) is 6.92 Å². The lowest BCUT2D eigenvalue weighted by molar-refractivity contribution is -0.161. The molecule has 4 atom stereocenters. The molecule has 0 rings (SSSR count). The molecule has 0 saturated carbocycles. The molecule has 21 heavy (non-hydrogen) atoms. The van der Waals surface area contributed by atoms with Gasteiger partial charge in [-0.25, -0.2) is 0 Å². The highest BCUT2D eigenvalue weighted by Crippen LogP contribution is 2.40. The molecule has 128 valence electrons. The third-order valence-corrected chi connectivity index (χ3v) is 5.13. The first-order chi connectivity index (χ1) is 9.60. The lowest BCUT2D eigenvalue weighted by Gasteiger charge is -2.45. The molecule has 4 heteroatoms. The second-order valence-electron chi connectivity index (χ2n) is 7.38. The van der Waals surface area contributed by atoms with Crippen LogP contribution in [0.1, 0.15) is 67.2 Å². The van der Waals surface area contributed by atoms with Crippen LogP contribution in [-0.2, 0) is 0 Å². The van der Waals surface area contributed by atoms with E-state index in [9.17, 15) is 20.4 Å². The van der Waals surface area contributed by atoms with E-state index < -0.39 is 29.1 Å². The first kappa shape index (κ1) is 20.8. The van der Waals surface area contributed by atoms with E-state index in [0.717, 1.165) is 12.8 Å². The van der Waals surface area contributed by atoms with Gasteiger partial charge in [0.05, 0.1) is 24.9 Å². The second kappa shape index (κ2) is 8.47. The highest BCUT2D eigenvalue weighted by atomic mass is 16.3. The molecule has 0 saturated heterocycles. The number of aliphatic hydroxyl groups excluding tert-OH is 4. The number of unbranched alkanes of at least 4 members (excludes halogenated alkanes) is 1. The normalized spacial score (nSPS) is 20.1. The maximum absolute atomic E-state index is 10.7. The van der Waals surface area contributed by atoms with Crippen molar-refractivity contribution in [2.24, 2.45) is 16.7 Å². The third kappa shape index (κ3) is 4.65. The van der Waals surface area contributed by atoms with Gasteiger partial charge in [0.25, 0.3) is 0 Å². The predicted molar refractivity (Wildman–Crippen MR) is 86.0 cm³/mol. The summed E-state index contributed by atoms with van der Waals surface area (Å²) in [6, 6.07) is 0. The van der Waals surface area contributed by atoms with Crippen LogP contribution in [0.15, 0.2) is 0 Å². The average molecular weight is 304 g/mol. The lowest BCUT2D eigenvalue weighted by atomic mass is 9.66. The molecule has 0 aromatic heterocycles. The van der Waals surface area contributed by atoms with Gasteiger partial charge in [-0.1, -0.05) is 54.4 Å². The summed E-state index contributed by atoms with van der Waals surface area (Å²) < 4.78 is 0. The number of hydrogen-bond acceptors (Lipinski definition) is 4. The standard InChI is InChI=1S/C17H36O4/c1-7-9-10-17(8-2,11-18)15(21)14(20)16(5,6)13(19)12(3)4/h12-15,18-21H,7-11H2,1-6H3. The molecule has 4 unspecified atom stereocenters. The van der Waals surface area contributed by atoms with Crippen molar-refractivity contribution in [1.29, 1.82) is 0 Å². The minimum absolute atomic E-state index is 0.0114. The Morgan fingerprint density at radius 1 is 0.905 bits per heavy atom. The highest BCUT2D eigenvalue weighted by molar-refractivity contribution is 4.97. The Balaban J connectivity index is 5.28. The van der Waals surface area contributed by atoms with Crippen LogP contribution in [0.3, 0.4) is 0 Å². The van der Waals surface area contributed by atoms with Gasteiger partial charge in [-0.05, 0) is 18.8 Å². The summed E-state index contributed by atoms with van der Waals surface area (Å²) in [5.74, 6) is -0.0114. The Bertz CT molecular complexity index is 285. The highest BCUT2D eigenvalue weighted by Gasteiger charge is 2.47. The summed E-state index contributed by atoms with van der Waals surface area (Å²) in [5, 5.41) is 41.5. The van der Waals surface area contributed by atoms with Gasteiger partial charge in [0.2, 0.25) is 0 Å². The molecular weight excluding hydrogens is 268 g/mol. The molecule has 0 spiro atoms. The lowest BCUT2D eigenvalue weighted by Crippen LogP contribution is -2.55. The van der Waals surface area contributed by atoms with Crippen LogP contribution >= 0.6 is 0 Å². The molecule has 0 radical (unpaired) electrons. The van der Waals surface area contributed by atoms with E-state index in [1.165, 1.54) is 0 Å². The van der Waals surface area contributed by atoms with E-state index in [4.69, 9.17) is 0 Å². The summed E-state index contributed by atoms with van der Waals surface area (Å²) in [4.78, 5) is 0. The first-order valence-corrected chi connectivity index (χ1v) is 8.25. The van der Waals surface area contributed by atoms with Gasteiger partial charge in [-0.2, -0.15) is 0 Å². The van der Waals surface area contributed by atoms with Gasteiger partial charge < -0.3 is 20.4 Å². The Hall–Kier alpha value is -0.160. The van der Waals surface area contributed by atoms with Crippen LogP contribution < -0.4 is 0 Å². The molecule has 0 aliphatic rings. The maximum atomic E-state index is 10.7. The smallest absolute Gasteiger partial charge is 0.0883 e. The molecule has 0 aromatic rings. The van der Waals surface area contributed by atoms with E-state index in [-0.39, 0.29) is 12.5 Å². The zero-order chi connectivity index (χ0) is 16.8. The van der Waals surface area contributed by atoms with Crippen molar-refractivity contribution < 1.29 is 20.4 Å². The van der Waals surface area contributed by atoms with Crippen molar-refractivity contribution in [3.63, 3.8) is 0 Å². The van der Waals surface area contributed by atoms with E-state index in [0.29, 0.717) is 12.8 Å². The summed E-state index contributed by atoms with van der Waals surface area (Å²) in [6.45, 7) is 11.1. The van der Waals surface area contributed by atoms with Crippen LogP contribution in [0.25, 0.3) is 0 Å². The Labute approximate surface area is 130 Å². The molecule has 0 aliphatic heterocycles. The summed E-state index contributed by atoms with van der Waals surface area (Å²) in [5.41, 5.74) is -1.54. The fraction of sp³-hybridized carbons (Fsp3) is 1.00. The summed E-state index contributed by atoms with van der Waals surface area (Å²) in [6.07, 6.45) is 0.273. The topological polar surface area (TPSA) is 80.9 Å². The largest absolute Gasteiger partial charge is 0.396 e. The zero-order valence-electron chi connectivity index (χ0n) is 14.6. The molecule has 0 fully saturated rings. The molecule has 0 aromatic carbocycles. The first-order valence-electron chi connectivity index (χ1n) is 8.25. The molecule has 0 heterocycles. The molecule has 4 N–H and O–H groups in total. The maximum Gasteiger partial charge on any atom is 0.0883 e. The quantitative estimate of drug-likeness (QED) is 0.499. The van der Waals surface area contributed by atoms with Crippen LogP contribution in [-0.4, -0.2) is 45.3 Å². The van der Waals surface area contributed by atoms with Crippen molar-refractivity contribution in [3.8, 4) is 0 Å². The van der Waals surface area contributed by atoms with Crippen LogP contribution in [0.5, 0.6) is 0 Å². The summed E-state index contributed by atoms with van der Waals surface area (Å²) >= 11 is 0. The Morgan fingerprint density at radius 2 is 1.43 bits per heavy atom. The fourth-order valence-corrected chi connectivity index (χ4v) is 3.12. The van der Waals surface area contributed by atoms with E-state index in [1.807, 2.05) is 20.8 Å². The minimum Gasteiger partial charge on any atom is -0.396 e. The van der Waals surface area contributed by atoms with Gasteiger partial charge >= 0.3 is 0 Å². The monoisotopic (exact) mass is 304 g/mol. The minimum atomic E-state index is -1.08. The number of hydrogen-bond donors (Lipinski definition) is 4. The van der Waals surface area contributed by atoms with Crippen molar-refractivity contribution in [2.45, 2.75) is 85.5 Å². The number of rotatable bonds is 10. The van der Waals surface area contributed by atoms with E-state index >= 15 is 0 Å². The average Bonchev–Trinajstić information content (AvgIpc) is 2.46. The second-order valence-corrected chi connectivity index (χ2v) is 7.38. The van der Waals surface area contributed by atoms with Crippen molar-refractivity contribution in [2.75, 3.05) is 6.61 Å². The third-order valence-electron chi connectivity index (χ3n) is 5.13. The molecule has 0 aliphatic carbocycles. The van der Waals surface area contributed by atoms with Crippen molar-refractivity contribution >= 4 is 0 Å². The fourth-order valence-electron chi connectivity index (χ4n) is 3.12. The van der Waals surface area contributed by atoms with Crippen molar-refractivity contribution in [1.82, 2.24) is 0 Å². The van der Waals surface area contributed by atoms with Crippen LogP contribution in [0, 0.1) is 16.7 Å². The van der Waals surface area contributed by atoms with Crippen molar-refractivity contribution in [3.05, 3.63) is 0 Å². The molecular formula is C17H36O4. The van der Waals surface area contributed by atoms with E-state index in [1.54, 1.807) is 13.8 Å². The van der Waals surface area contributed by atoms with Gasteiger partial charge in [-0.3, -0.25) is 0 Å². The zero-order valence-corrected chi connectivity index (χ0v) is 14.6. The van der Waals surface area contributed by atoms with Crippen LogP contribution in [0.4, 0.5) is 0 Å². The van der Waals surface area contributed by atoms with Gasteiger partial charge in [0.1, 0.15) is 0 Å². The summed E-state index contributed by atoms with van der Waals surface area (Å²) in [7, 11) is 0. The molecule has 0 amide bonds. The predicted octanol–water partition coefficient (Wildman–Crippen LogP) is 2.33. The van der Waals surface area contributed by atoms with Gasteiger partial charge in [0.15, 0.2) is 0 Å². The van der Waals surface area contributed by atoms with Gasteiger partial charge in [-0.15, -0.1) is 0 Å². The Kier molecular flexibility index (Phi) is 8.40. The SMILES string of the molecule is CCCCC(CC)(CO)C(O)C(O)C(C)(C)C(O)C(C)C. The molecule has 0 bridgehead atoms. The van der Waals surface area contributed by atoms with Gasteiger partial charge in [0, 0.05) is 10.8 Å². The van der Waals surface area contributed by atoms with Crippen LogP contribution in [0.2, 0.25) is 0 Å². The Morgan fingerprint density at radius 3 is 1.76 bits per heavy atom. The number of aliphatic hydroxyl groups is 4. The molecule has 4 nitrogen and oxygen atoms in total.